The average Bonchev–Trinajstić information content (AvgIpc) is 3.17. The van der Waals surface area contributed by atoms with Crippen molar-refractivity contribution in [3.8, 4) is 5.75 Å². The van der Waals surface area contributed by atoms with Gasteiger partial charge in [-0.2, -0.15) is 0 Å². The molecule has 0 fully saturated rings. The average molecular weight is 473 g/mol. The van der Waals surface area contributed by atoms with E-state index >= 15 is 0 Å². The lowest BCUT2D eigenvalue weighted by atomic mass is 9.87. The number of carboxylic acid groups (broad SMARTS) is 1. The van der Waals surface area contributed by atoms with E-state index in [2.05, 4.69) is 0 Å². The Labute approximate surface area is 202 Å². The maximum atomic E-state index is 14.5. The van der Waals surface area contributed by atoms with Crippen molar-refractivity contribution in [1.29, 1.82) is 0 Å². The molecule has 1 atom stereocenters. The molecule has 0 saturated carbocycles. The van der Waals surface area contributed by atoms with Crippen LogP contribution in [-0.4, -0.2) is 39.6 Å². The first-order chi connectivity index (χ1) is 16.9. The van der Waals surface area contributed by atoms with E-state index in [1.807, 2.05) is 66.3 Å². The number of rotatable bonds is 6. The summed E-state index contributed by atoms with van der Waals surface area (Å²) >= 11 is 0. The van der Waals surface area contributed by atoms with Gasteiger partial charge in [0.1, 0.15) is 11.6 Å². The van der Waals surface area contributed by atoms with E-state index in [-0.39, 0.29) is 18.1 Å². The van der Waals surface area contributed by atoms with Crippen LogP contribution in [0, 0.1) is 5.82 Å². The second-order valence-corrected chi connectivity index (χ2v) is 8.76. The third-order valence-corrected chi connectivity index (χ3v) is 6.54. The van der Waals surface area contributed by atoms with Gasteiger partial charge < -0.3 is 19.3 Å². The fraction of sp³-hybridized carbons (Fsp3) is 0.214. The standard InChI is InChI=1S/C28H25FN2O4/c1-30-16-19(21-7-4-5-9-24(21)30)14-26(32)31-13-12-18-6-2-3-8-22(18)28(31)23-15-20(29)10-11-25(23)35-17-27(33)34/h2-11,15-16,28H,12-14,17H2,1H3,(H,33,34). The summed E-state index contributed by atoms with van der Waals surface area (Å²) in [5.41, 5.74) is 4.36. The third kappa shape index (κ3) is 4.37. The van der Waals surface area contributed by atoms with Gasteiger partial charge >= 0.3 is 5.97 Å². The number of aromatic nitrogens is 1. The Kier molecular flexibility index (Phi) is 5.99. The van der Waals surface area contributed by atoms with Crippen molar-refractivity contribution in [2.24, 2.45) is 7.05 Å². The molecular weight excluding hydrogens is 447 g/mol. The summed E-state index contributed by atoms with van der Waals surface area (Å²) in [5.74, 6) is -1.45. The van der Waals surface area contributed by atoms with Gasteiger partial charge in [-0.15, -0.1) is 0 Å². The van der Waals surface area contributed by atoms with Crippen LogP contribution in [0.3, 0.4) is 0 Å². The molecule has 0 radical (unpaired) electrons. The molecule has 178 valence electrons. The van der Waals surface area contributed by atoms with Crippen molar-refractivity contribution in [2.45, 2.75) is 18.9 Å². The number of nitrogens with zero attached hydrogens (tertiary/aromatic N) is 2. The van der Waals surface area contributed by atoms with Gasteiger partial charge in [0.15, 0.2) is 6.61 Å². The zero-order valence-corrected chi connectivity index (χ0v) is 19.3. The minimum atomic E-state index is -1.13. The van der Waals surface area contributed by atoms with E-state index in [4.69, 9.17) is 9.84 Å². The normalized spacial score (nSPS) is 15.1. The molecule has 1 unspecified atom stereocenters. The van der Waals surface area contributed by atoms with Crippen LogP contribution in [0.25, 0.3) is 10.9 Å². The number of hydrogen-bond acceptors (Lipinski definition) is 3. The number of aryl methyl sites for hydroxylation is 1. The first-order valence-electron chi connectivity index (χ1n) is 11.5. The number of para-hydroxylation sites is 1. The lowest BCUT2D eigenvalue weighted by Crippen LogP contribution is -2.41. The van der Waals surface area contributed by atoms with Crippen molar-refractivity contribution in [1.82, 2.24) is 9.47 Å². The Morgan fingerprint density at radius 2 is 1.83 bits per heavy atom. The highest BCUT2D eigenvalue weighted by atomic mass is 19.1. The summed E-state index contributed by atoms with van der Waals surface area (Å²) in [6.07, 6.45) is 2.84. The summed E-state index contributed by atoms with van der Waals surface area (Å²) in [4.78, 5) is 26.7. The molecule has 3 aromatic carbocycles. The van der Waals surface area contributed by atoms with Gasteiger partial charge in [-0.25, -0.2) is 9.18 Å². The van der Waals surface area contributed by atoms with E-state index in [1.165, 1.54) is 18.2 Å². The molecular formula is C28H25FN2O4. The van der Waals surface area contributed by atoms with E-state index in [0.29, 0.717) is 18.5 Å². The summed E-state index contributed by atoms with van der Waals surface area (Å²) in [5, 5.41) is 10.1. The third-order valence-electron chi connectivity index (χ3n) is 6.54. The molecule has 1 amide bonds. The van der Waals surface area contributed by atoms with Crippen molar-refractivity contribution in [2.75, 3.05) is 13.2 Å². The van der Waals surface area contributed by atoms with Gasteiger partial charge in [-0.05, 0) is 47.4 Å². The molecule has 1 aromatic heterocycles. The van der Waals surface area contributed by atoms with Gasteiger partial charge in [-0.1, -0.05) is 42.5 Å². The molecule has 7 heteroatoms. The quantitative estimate of drug-likeness (QED) is 0.449. The van der Waals surface area contributed by atoms with Crippen LogP contribution in [-0.2, 0) is 29.5 Å². The minimum absolute atomic E-state index is 0.0886. The smallest absolute Gasteiger partial charge is 0.341 e. The highest BCUT2D eigenvalue weighted by Crippen LogP contribution is 2.40. The molecule has 1 aliphatic heterocycles. The summed E-state index contributed by atoms with van der Waals surface area (Å²) < 4.78 is 22.0. The predicted octanol–water partition coefficient (Wildman–Crippen LogP) is 4.50. The number of carbonyl (C=O) groups is 2. The van der Waals surface area contributed by atoms with Crippen LogP contribution >= 0.6 is 0 Å². The second-order valence-electron chi connectivity index (χ2n) is 8.76. The number of amides is 1. The van der Waals surface area contributed by atoms with E-state index in [1.54, 1.807) is 4.90 Å². The number of aliphatic carboxylic acids is 1. The molecule has 2 heterocycles. The molecule has 0 bridgehead atoms. The molecule has 35 heavy (non-hydrogen) atoms. The molecule has 1 N–H and O–H groups in total. The monoisotopic (exact) mass is 472 g/mol. The fourth-order valence-corrected chi connectivity index (χ4v) is 5.01. The zero-order chi connectivity index (χ0) is 24.5. The van der Waals surface area contributed by atoms with Crippen LogP contribution in [0.1, 0.15) is 28.3 Å². The molecule has 5 rings (SSSR count). The largest absolute Gasteiger partial charge is 0.482 e. The van der Waals surface area contributed by atoms with Crippen molar-refractivity contribution < 1.29 is 23.8 Å². The molecule has 0 spiro atoms. The van der Waals surface area contributed by atoms with E-state index in [9.17, 15) is 14.0 Å². The molecule has 1 aliphatic rings. The number of fused-ring (bicyclic) bond motifs is 2. The van der Waals surface area contributed by atoms with Crippen molar-refractivity contribution in [3.05, 3.63) is 101 Å². The number of hydrogen-bond donors (Lipinski definition) is 1. The lowest BCUT2D eigenvalue weighted by Gasteiger charge is -2.38. The molecule has 6 nitrogen and oxygen atoms in total. The maximum absolute atomic E-state index is 14.5. The first-order valence-corrected chi connectivity index (χ1v) is 11.5. The van der Waals surface area contributed by atoms with Crippen LogP contribution in [0.2, 0.25) is 0 Å². The minimum Gasteiger partial charge on any atom is -0.482 e. The first kappa shape index (κ1) is 22.7. The highest BCUT2D eigenvalue weighted by Gasteiger charge is 2.34. The van der Waals surface area contributed by atoms with Crippen LogP contribution in [0.15, 0.2) is 72.9 Å². The highest BCUT2D eigenvalue weighted by molar-refractivity contribution is 5.90. The number of carboxylic acids is 1. The van der Waals surface area contributed by atoms with Crippen LogP contribution in [0.5, 0.6) is 5.75 Å². The Hall–Kier alpha value is -4.13. The Morgan fingerprint density at radius 3 is 2.66 bits per heavy atom. The van der Waals surface area contributed by atoms with E-state index in [0.717, 1.165) is 27.6 Å². The molecule has 4 aromatic rings. The van der Waals surface area contributed by atoms with Crippen LogP contribution in [0.4, 0.5) is 4.39 Å². The van der Waals surface area contributed by atoms with Gasteiger partial charge in [0, 0.05) is 36.3 Å². The van der Waals surface area contributed by atoms with Crippen LogP contribution < -0.4 is 4.74 Å². The fourth-order valence-electron chi connectivity index (χ4n) is 5.01. The summed E-state index contributed by atoms with van der Waals surface area (Å²) in [6, 6.07) is 19.1. The Balaban J connectivity index is 1.56. The number of carbonyl (C=O) groups excluding carboxylic acids is 1. The molecule has 0 saturated heterocycles. The van der Waals surface area contributed by atoms with Gasteiger partial charge in [-0.3, -0.25) is 4.79 Å². The zero-order valence-electron chi connectivity index (χ0n) is 19.3. The number of benzene rings is 3. The lowest BCUT2D eigenvalue weighted by molar-refractivity contribution is -0.139. The summed E-state index contributed by atoms with van der Waals surface area (Å²) in [6.45, 7) is -0.100. The van der Waals surface area contributed by atoms with Gasteiger partial charge in [0.05, 0.1) is 12.5 Å². The Bertz CT molecular complexity index is 1430. The van der Waals surface area contributed by atoms with Gasteiger partial charge in [0.2, 0.25) is 5.91 Å². The van der Waals surface area contributed by atoms with Gasteiger partial charge in [0.25, 0.3) is 0 Å². The topological polar surface area (TPSA) is 71.8 Å². The van der Waals surface area contributed by atoms with Crippen molar-refractivity contribution >= 4 is 22.8 Å². The second kappa shape index (κ2) is 9.25. The predicted molar refractivity (Wildman–Crippen MR) is 130 cm³/mol. The number of ether oxygens (including phenoxy) is 1. The Morgan fingerprint density at radius 1 is 1.06 bits per heavy atom. The molecule has 0 aliphatic carbocycles. The van der Waals surface area contributed by atoms with E-state index < -0.39 is 24.4 Å². The van der Waals surface area contributed by atoms with Crippen molar-refractivity contribution in [3.63, 3.8) is 0 Å². The number of halogens is 1. The SMILES string of the molecule is Cn1cc(CC(=O)N2CCc3ccccc3C2c2cc(F)ccc2OCC(=O)O)c2ccccc21. The maximum Gasteiger partial charge on any atom is 0.341 e. The summed E-state index contributed by atoms with van der Waals surface area (Å²) in [7, 11) is 1.95.